The molecule has 2 nitrogen and oxygen atoms in total. The van der Waals surface area contributed by atoms with Crippen LogP contribution in [-0.2, 0) is 9.84 Å². The van der Waals surface area contributed by atoms with Gasteiger partial charge in [0, 0.05) is 5.33 Å². The van der Waals surface area contributed by atoms with E-state index in [9.17, 15) is 8.42 Å². The van der Waals surface area contributed by atoms with Crippen molar-refractivity contribution in [3.8, 4) is 0 Å². The van der Waals surface area contributed by atoms with E-state index in [1.165, 1.54) is 25.7 Å². The van der Waals surface area contributed by atoms with E-state index in [1.807, 2.05) is 20.8 Å². The molecule has 1 rings (SSSR count). The molecule has 0 aliphatic heterocycles. The third-order valence-corrected chi connectivity index (χ3v) is 8.34. The van der Waals surface area contributed by atoms with E-state index in [1.54, 1.807) is 0 Å². The Morgan fingerprint density at radius 3 is 1.94 bits per heavy atom. The quantitative estimate of drug-likeness (QED) is 0.556. The molecule has 0 aromatic heterocycles. The number of alkyl halides is 1. The van der Waals surface area contributed by atoms with Gasteiger partial charge in [-0.25, -0.2) is 8.42 Å². The molecule has 0 amide bonds. The zero-order valence-electron chi connectivity index (χ0n) is 11.9. The predicted molar refractivity (Wildman–Crippen MR) is 82.0 cm³/mol. The molecule has 1 aliphatic rings. The summed E-state index contributed by atoms with van der Waals surface area (Å²) in [4.78, 5) is 0. The molecule has 1 unspecified atom stereocenters. The molecule has 0 radical (unpaired) electrons. The topological polar surface area (TPSA) is 34.1 Å². The molecule has 18 heavy (non-hydrogen) atoms. The van der Waals surface area contributed by atoms with Crippen molar-refractivity contribution in [3.05, 3.63) is 0 Å². The van der Waals surface area contributed by atoms with Crippen LogP contribution in [0.1, 0.15) is 59.3 Å². The van der Waals surface area contributed by atoms with E-state index in [4.69, 9.17) is 0 Å². The monoisotopic (exact) mass is 338 g/mol. The molecule has 1 atom stereocenters. The molecular formula is C14H27BrO2S. The molecule has 0 aromatic carbocycles. The van der Waals surface area contributed by atoms with Gasteiger partial charge in [0.1, 0.15) is 0 Å². The summed E-state index contributed by atoms with van der Waals surface area (Å²) in [6.07, 6.45) is 6.99. The maximum atomic E-state index is 12.5. The predicted octanol–water partition coefficient (Wildman–Crippen LogP) is 4.18. The number of sulfone groups is 1. The van der Waals surface area contributed by atoms with E-state index >= 15 is 0 Å². The second kappa shape index (κ2) is 6.74. The summed E-state index contributed by atoms with van der Waals surface area (Å²) in [5.41, 5.74) is -0.0154. The summed E-state index contributed by atoms with van der Waals surface area (Å²) < 4.78 is 25.0. The lowest BCUT2D eigenvalue weighted by Gasteiger charge is -2.32. The summed E-state index contributed by atoms with van der Waals surface area (Å²) in [5, 5.41) is 0.598. The Labute approximate surface area is 121 Å². The van der Waals surface area contributed by atoms with Crippen molar-refractivity contribution < 1.29 is 8.42 Å². The standard InChI is InChI=1S/C14H27BrO2S/c1-12(2)13(3)18(16,17)11-14(10-15)8-6-4-5-7-9-14/h12-13H,4-11H2,1-3H3. The Morgan fingerprint density at radius 2 is 1.56 bits per heavy atom. The van der Waals surface area contributed by atoms with E-state index < -0.39 is 9.84 Å². The molecule has 0 saturated heterocycles. The van der Waals surface area contributed by atoms with Gasteiger partial charge in [0.25, 0.3) is 0 Å². The zero-order valence-corrected chi connectivity index (χ0v) is 14.3. The van der Waals surface area contributed by atoms with Crippen molar-refractivity contribution in [2.24, 2.45) is 11.3 Å². The van der Waals surface area contributed by atoms with Crippen LogP contribution in [0.15, 0.2) is 0 Å². The third-order valence-electron chi connectivity index (χ3n) is 4.46. The molecule has 1 aliphatic carbocycles. The fourth-order valence-electron chi connectivity index (χ4n) is 2.77. The minimum absolute atomic E-state index is 0.0154. The Kier molecular flexibility index (Phi) is 6.17. The van der Waals surface area contributed by atoms with Gasteiger partial charge in [-0.3, -0.25) is 0 Å². The molecule has 0 bridgehead atoms. The van der Waals surface area contributed by atoms with Crippen molar-refractivity contribution in [2.75, 3.05) is 11.1 Å². The molecule has 4 heteroatoms. The first kappa shape index (κ1) is 16.5. The fraction of sp³-hybridized carbons (Fsp3) is 1.00. The van der Waals surface area contributed by atoms with Crippen molar-refractivity contribution in [2.45, 2.75) is 64.5 Å². The Bertz CT molecular complexity index is 341. The first-order chi connectivity index (χ1) is 8.33. The van der Waals surface area contributed by atoms with Crippen LogP contribution in [0.25, 0.3) is 0 Å². The van der Waals surface area contributed by atoms with Gasteiger partial charge in [0.15, 0.2) is 9.84 Å². The van der Waals surface area contributed by atoms with Gasteiger partial charge in [-0.2, -0.15) is 0 Å². The van der Waals surface area contributed by atoms with Crippen LogP contribution >= 0.6 is 15.9 Å². The minimum atomic E-state index is -2.98. The van der Waals surface area contributed by atoms with Crippen LogP contribution in [0.4, 0.5) is 0 Å². The lowest BCUT2D eigenvalue weighted by atomic mass is 9.85. The zero-order chi connectivity index (χ0) is 13.8. The molecule has 0 heterocycles. The van der Waals surface area contributed by atoms with Gasteiger partial charge >= 0.3 is 0 Å². The summed E-state index contributed by atoms with van der Waals surface area (Å²) in [6, 6.07) is 0. The number of rotatable bonds is 5. The normalized spacial score (nSPS) is 22.7. The number of halogens is 1. The third kappa shape index (κ3) is 4.22. The van der Waals surface area contributed by atoms with Crippen LogP contribution in [0.2, 0.25) is 0 Å². The molecule has 0 N–H and O–H groups in total. The maximum Gasteiger partial charge on any atom is 0.153 e. The lowest BCUT2D eigenvalue weighted by Crippen LogP contribution is -2.37. The molecule has 0 aromatic rings. The van der Waals surface area contributed by atoms with Crippen LogP contribution in [0, 0.1) is 11.3 Å². The minimum Gasteiger partial charge on any atom is -0.229 e. The number of hydrogen-bond acceptors (Lipinski definition) is 2. The van der Waals surface area contributed by atoms with E-state index in [-0.39, 0.29) is 16.6 Å². The second-order valence-electron chi connectivity index (χ2n) is 6.30. The molecule has 0 spiro atoms. The first-order valence-corrected chi connectivity index (χ1v) is 9.94. The molecule has 1 saturated carbocycles. The highest BCUT2D eigenvalue weighted by Gasteiger charge is 2.37. The lowest BCUT2D eigenvalue weighted by molar-refractivity contribution is 0.325. The van der Waals surface area contributed by atoms with Crippen molar-refractivity contribution >= 4 is 25.8 Å². The fourth-order valence-corrected chi connectivity index (χ4v) is 6.13. The average Bonchev–Trinajstić information content (AvgIpc) is 2.53. The highest BCUT2D eigenvalue weighted by atomic mass is 79.9. The van der Waals surface area contributed by atoms with Gasteiger partial charge in [-0.05, 0) is 31.1 Å². The SMILES string of the molecule is CC(C)C(C)S(=O)(=O)CC1(CBr)CCCCCC1. The summed E-state index contributed by atoms with van der Waals surface area (Å²) in [6.45, 7) is 5.85. The van der Waals surface area contributed by atoms with E-state index in [2.05, 4.69) is 15.9 Å². The van der Waals surface area contributed by atoms with Crippen molar-refractivity contribution in [3.63, 3.8) is 0 Å². The Balaban J connectivity index is 2.84. The molecule has 1 fully saturated rings. The highest BCUT2D eigenvalue weighted by Crippen LogP contribution is 2.39. The van der Waals surface area contributed by atoms with Gasteiger partial charge in [-0.1, -0.05) is 55.5 Å². The van der Waals surface area contributed by atoms with Crippen LogP contribution in [-0.4, -0.2) is 24.8 Å². The summed E-state index contributed by atoms with van der Waals surface area (Å²) in [5.74, 6) is 0.568. The largest absolute Gasteiger partial charge is 0.229 e. The van der Waals surface area contributed by atoms with Crippen molar-refractivity contribution in [1.29, 1.82) is 0 Å². The second-order valence-corrected chi connectivity index (χ2v) is 9.22. The smallest absolute Gasteiger partial charge is 0.153 e. The molecular weight excluding hydrogens is 312 g/mol. The molecule has 108 valence electrons. The van der Waals surface area contributed by atoms with E-state index in [0.717, 1.165) is 18.2 Å². The maximum absolute atomic E-state index is 12.5. The van der Waals surface area contributed by atoms with Gasteiger partial charge in [0.2, 0.25) is 0 Å². The first-order valence-electron chi connectivity index (χ1n) is 7.10. The average molecular weight is 339 g/mol. The van der Waals surface area contributed by atoms with Crippen molar-refractivity contribution in [1.82, 2.24) is 0 Å². The van der Waals surface area contributed by atoms with Crippen LogP contribution in [0.3, 0.4) is 0 Å². The highest BCUT2D eigenvalue weighted by molar-refractivity contribution is 9.09. The van der Waals surface area contributed by atoms with Crippen LogP contribution in [0.5, 0.6) is 0 Å². The Hall–Kier alpha value is 0.430. The number of hydrogen-bond donors (Lipinski definition) is 0. The van der Waals surface area contributed by atoms with Gasteiger partial charge in [-0.15, -0.1) is 0 Å². The van der Waals surface area contributed by atoms with Gasteiger partial charge < -0.3 is 0 Å². The summed E-state index contributed by atoms with van der Waals surface area (Å²) in [7, 11) is -2.98. The van der Waals surface area contributed by atoms with Gasteiger partial charge in [0.05, 0.1) is 11.0 Å². The van der Waals surface area contributed by atoms with Crippen LogP contribution < -0.4 is 0 Å². The summed E-state index contributed by atoms with van der Waals surface area (Å²) >= 11 is 3.58. The Morgan fingerprint density at radius 1 is 1.06 bits per heavy atom. The van der Waals surface area contributed by atoms with E-state index in [0.29, 0.717) is 5.75 Å².